The molecule has 23 heavy (non-hydrogen) atoms. The number of hydrogen-bond acceptors (Lipinski definition) is 2. The van der Waals surface area contributed by atoms with Gasteiger partial charge in [-0.15, -0.1) is 0 Å². The summed E-state index contributed by atoms with van der Waals surface area (Å²) < 4.78 is 0.197. The van der Waals surface area contributed by atoms with Gasteiger partial charge in [0.25, 0.3) is 0 Å². The molecule has 4 nitrogen and oxygen atoms in total. The number of carbonyl (C=O) groups excluding carboxylic acids is 1. The molecule has 4 saturated carbocycles. The van der Waals surface area contributed by atoms with Gasteiger partial charge in [0.05, 0.1) is 16.4 Å². The third-order valence-electron chi connectivity index (χ3n) is 6.09. The van der Waals surface area contributed by atoms with Gasteiger partial charge < -0.3 is 4.98 Å². The first-order valence-corrected chi connectivity index (χ1v) is 9.28. The predicted octanol–water partition coefficient (Wildman–Crippen LogP) is 4.24. The lowest BCUT2D eigenvalue weighted by Crippen LogP contribution is -2.57. The highest BCUT2D eigenvalue weighted by Gasteiger charge is 2.59. The van der Waals surface area contributed by atoms with Gasteiger partial charge >= 0.3 is 0 Å². The molecule has 0 aliphatic heterocycles. The lowest BCUT2D eigenvalue weighted by atomic mass is 9.49. The molecule has 2 atom stereocenters. The maximum absolute atomic E-state index is 13.1. The fraction of sp³-hybridized carbons (Fsp3) is 0.556. The van der Waals surface area contributed by atoms with E-state index >= 15 is 0 Å². The van der Waals surface area contributed by atoms with Gasteiger partial charge in [-0.3, -0.25) is 10.1 Å². The highest BCUT2D eigenvalue weighted by atomic mass is 79.9. The van der Waals surface area contributed by atoms with Crippen LogP contribution in [0, 0.1) is 17.3 Å². The molecule has 2 unspecified atom stereocenters. The number of rotatable bonds is 2. The number of imidazole rings is 1. The van der Waals surface area contributed by atoms with Crippen LogP contribution in [0.15, 0.2) is 24.3 Å². The molecule has 0 saturated heterocycles. The van der Waals surface area contributed by atoms with Crippen molar-refractivity contribution in [2.75, 3.05) is 5.32 Å². The van der Waals surface area contributed by atoms with Crippen LogP contribution in [0.3, 0.4) is 0 Å². The van der Waals surface area contributed by atoms with Crippen molar-refractivity contribution >= 4 is 38.8 Å². The quantitative estimate of drug-likeness (QED) is 0.773. The van der Waals surface area contributed by atoms with Gasteiger partial charge in [0.2, 0.25) is 11.9 Å². The van der Waals surface area contributed by atoms with Crippen LogP contribution in [-0.2, 0) is 4.79 Å². The average molecular weight is 374 g/mol. The maximum Gasteiger partial charge on any atom is 0.232 e. The van der Waals surface area contributed by atoms with E-state index in [1.54, 1.807) is 0 Å². The standard InChI is InChI=1S/C18H20BrN3O/c19-18-8-11-5-12(9-18)7-17(6-11,10-18)15(23)22-16-20-13-3-1-2-4-14(13)21-16/h1-4,11-12H,5-10H2,(H2,20,21,22,23). The van der Waals surface area contributed by atoms with Crippen LogP contribution < -0.4 is 5.32 Å². The Labute approximate surface area is 143 Å². The highest BCUT2D eigenvalue weighted by Crippen LogP contribution is 2.64. The number of aromatic nitrogens is 2. The van der Waals surface area contributed by atoms with E-state index in [0.29, 0.717) is 17.8 Å². The molecular weight excluding hydrogens is 354 g/mol. The first kappa shape index (κ1) is 14.0. The Kier molecular flexibility index (Phi) is 2.80. The van der Waals surface area contributed by atoms with Gasteiger partial charge in [-0.05, 0) is 62.5 Å². The molecule has 1 heterocycles. The molecule has 4 fully saturated rings. The zero-order valence-electron chi connectivity index (χ0n) is 12.9. The molecule has 4 bridgehead atoms. The number of carbonyl (C=O) groups is 1. The zero-order chi connectivity index (χ0) is 15.7. The van der Waals surface area contributed by atoms with E-state index in [2.05, 4.69) is 31.2 Å². The summed E-state index contributed by atoms with van der Waals surface area (Å²) in [6, 6.07) is 7.87. The van der Waals surface area contributed by atoms with Crippen LogP contribution in [-0.4, -0.2) is 20.2 Å². The van der Waals surface area contributed by atoms with E-state index in [9.17, 15) is 4.79 Å². The second-order valence-corrected chi connectivity index (χ2v) is 9.63. The second-order valence-electron chi connectivity index (χ2n) is 7.95. The Morgan fingerprint density at radius 2 is 1.96 bits per heavy atom. The summed E-state index contributed by atoms with van der Waals surface area (Å²) in [4.78, 5) is 20.8. The highest BCUT2D eigenvalue weighted by molar-refractivity contribution is 9.10. The number of amides is 1. The first-order valence-electron chi connectivity index (χ1n) is 8.49. The van der Waals surface area contributed by atoms with Crippen molar-refractivity contribution in [3.63, 3.8) is 0 Å². The Balaban J connectivity index is 1.44. The number of halogens is 1. The maximum atomic E-state index is 13.1. The van der Waals surface area contributed by atoms with Gasteiger partial charge in [0.1, 0.15) is 0 Å². The van der Waals surface area contributed by atoms with Crippen molar-refractivity contribution in [1.29, 1.82) is 0 Å². The normalized spacial score (nSPS) is 38.1. The minimum absolute atomic E-state index is 0.162. The zero-order valence-corrected chi connectivity index (χ0v) is 14.5. The number of aromatic amines is 1. The molecule has 4 aliphatic carbocycles. The summed E-state index contributed by atoms with van der Waals surface area (Å²) in [5.74, 6) is 2.15. The van der Waals surface area contributed by atoms with Crippen molar-refractivity contribution in [3.05, 3.63) is 24.3 Å². The monoisotopic (exact) mass is 373 g/mol. The molecule has 120 valence electrons. The van der Waals surface area contributed by atoms with Gasteiger partial charge in [-0.2, -0.15) is 0 Å². The number of H-pyrrole nitrogens is 1. The lowest BCUT2D eigenvalue weighted by Gasteiger charge is -2.59. The summed E-state index contributed by atoms with van der Waals surface area (Å²) in [6.45, 7) is 0. The summed E-state index contributed by atoms with van der Waals surface area (Å²) in [7, 11) is 0. The molecule has 2 aromatic rings. The van der Waals surface area contributed by atoms with Gasteiger partial charge in [-0.25, -0.2) is 4.98 Å². The molecule has 6 rings (SSSR count). The van der Waals surface area contributed by atoms with E-state index in [4.69, 9.17) is 0 Å². The number of hydrogen-bond donors (Lipinski definition) is 2. The summed E-state index contributed by atoms with van der Waals surface area (Å²) in [5, 5.41) is 3.08. The Morgan fingerprint density at radius 1 is 1.22 bits per heavy atom. The van der Waals surface area contributed by atoms with Crippen molar-refractivity contribution < 1.29 is 4.79 Å². The fourth-order valence-corrected chi connectivity index (χ4v) is 7.12. The molecule has 1 aromatic heterocycles. The SMILES string of the molecule is O=C(Nc1nc2ccccc2[nH]1)C12CC3CC(CC(Br)(C3)C1)C2. The molecule has 4 aliphatic rings. The third-order valence-corrected chi connectivity index (χ3v) is 7.02. The van der Waals surface area contributed by atoms with E-state index in [1.807, 2.05) is 24.3 Å². The van der Waals surface area contributed by atoms with E-state index in [0.717, 1.165) is 30.3 Å². The number of nitrogens with zero attached hydrogens (tertiary/aromatic N) is 1. The van der Waals surface area contributed by atoms with Crippen LogP contribution in [0.1, 0.15) is 38.5 Å². The van der Waals surface area contributed by atoms with Crippen molar-refractivity contribution in [2.45, 2.75) is 42.8 Å². The predicted molar refractivity (Wildman–Crippen MR) is 93.5 cm³/mol. The number of fused-ring (bicyclic) bond motifs is 1. The summed E-state index contributed by atoms with van der Waals surface area (Å²) in [6.07, 6.45) is 6.85. The first-order chi connectivity index (χ1) is 11.0. The molecule has 2 N–H and O–H groups in total. The van der Waals surface area contributed by atoms with Crippen LogP contribution in [0.4, 0.5) is 5.95 Å². The number of benzene rings is 1. The number of nitrogens with one attached hydrogen (secondary N) is 2. The molecule has 1 amide bonds. The van der Waals surface area contributed by atoms with E-state index in [1.165, 1.54) is 19.3 Å². The smallest absolute Gasteiger partial charge is 0.232 e. The van der Waals surface area contributed by atoms with Crippen LogP contribution in [0.25, 0.3) is 11.0 Å². The van der Waals surface area contributed by atoms with E-state index in [-0.39, 0.29) is 15.6 Å². The molecule has 5 heteroatoms. The Morgan fingerprint density at radius 3 is 2.65 bits per heavy atom. The van der Waals surface area contributed by atoms with E-state index < -0.39 is 0 Å². The largest absolute Gasteiger partial charge is 0.324 e. The topological polar surface area (TPSA) is 57.8 Å². The number of alkyl halides is 1. The Bertz CT molecular complexity index is 751. The van der Waals surface area contributed by atoms with Crippen molar-refractivity contribution in [3.8, 4) is 0 Å². The van der Waals surface area contributed by atoms with Gasteiger partial charge in [0.15, 0.2) is 0 Å². The third kappa shape index (κ3) is 2.16. The summed E-state index contributed by atoms with van der Waals surface area (Å²) >= 11 is 3.97. The van der Waals surface area contributed by atoms with Crippen LogP contribution >= 0.6 is 15.9 Å². The molecule has 1 aromatic carbocycles. The molecule has 0 spiro atoms. The Hall–Kier alpha value is -1.36. The van der Waals surface area contributed by atoms with Crippen molar-refractivity contribution in [1.82, 2.24) is 9.97 Å². The second kappa shape index (κ2) is 4.59. The van der Waals surface area contributed by atoms with Gasteiger partial charge in [-0.1, -0.05) is 28.1 Å². The lowest BCUT2D eigenvalue weighted by molar-refractivity contribution is -0.138. The van der Waals surface area contributed by atoms with Crippen LogP contribution in [0.2, 0.25) is 0 Å². The fourth-order valence-electron chi connectivity index (χ4n) is 5.67. The summed E-state index contributed by atoms with van der Waals surface area (Å²) in [5.41, 5.74) is 1.66. The van der Waals surface area contributed by atoms with Gasteiger partial charge in [0, 0.05) is 4.32 Å². The molecule has 0 radical (unpaired) electrons. The number of para-hydroxylation sites is 2. The molecular formula is C18H20BrN3O. The minimum Gasteiger partial charge on any atom is -0.324 e. The number of anilines is 1. The minimum atomic E-state index is -0.202. The van der Waals surface area contributed by atoms with Crippen LogP contribution in [0.5, 0.6) is 0 Å². The van der Waals surface area contributed by atoms with Crippen molar-refractivity contribution in [2.24, 2.45) is 17.3 Å². The average Bonchev–Trinajstić information content (AvgIpc) is 2.86.